The van der Waals surface area contributed by atoms with Crippen LogP contribution in [0.15, 0.2) is 0 Å². The van der Waals surface area contributed by atoms with E-state index in [0.717, 1.165) is 13.1 Å². The third kappa shape index (κ3) is 2.02. The summed E-state index contributed by atoms with van der Waals surface area (Å²) in [6.45, 7) is 4.76. The minimum Gasteiger partial charge on any atom is -0.355 e. The van der Waals surface area contributed by atoms with Crippen molar-refractivity contribution in [2.75, 3.05) is 19.6 Å². The fourth-order valence-electron chi connectivity index (χ4n) is 2.09. The number of hydrogen-bond acceptors (Lipinski definition) is 2. The van der Waals surface area contributed by atoms with Gasteiger partial charge in [-0.15, -0.1) is 0 Å². The molecule has 0 radical (unpaired) electrons. The Morgan fingerprint density at radius 2 is 2.23 bits per heavy atom. The van der Waals surface area contributed by atoms with Crippen molar-refractivity contribution in [3.05, 3.63) is 0 Å². The van der Waals surface area contributed by atoms with Crippen molar-refractivity contribution >= 4 is 5.91 Å². The molecule has 1 saturated carbocycles. The van der Waals surface area contributed by atoms with E-state index < -0.39 is 0 Å². The van der Waals surface area contributed by atoms with Crippen molar-refractivity contribution in [1.29, 1.82) is 0 Å². The lowest BCUT2D eigenvalue weighted by atomic mass is 9.91. The molecule has 2 fully saturated rings. The molecule has 0 aromatic heterocycles. The van der Waals surface area contributed by atoms with Gasteiger partial charge in [-0.25, -0.2) is 0 Å². The van der Waals surface area contributed by atoms with Crippen LogP contribution in [0.5, 0.6) is 0 Å². The van der Waals surface area contributed by atoms with Gasteiger partial charge in [-0.3, -0.25) is 9.69 Å². The number of nitrogens with zero attached hydrogens (tertiary/aromatic N) is 1. The summed E-state index contributed by atoms with van der Waals surface area (Å²) >= 11 is 0. The van der Waals surface area contributed by atoms with Gasteiger partial charge >= 0.3 is 0 Å². The van der Waals surface area contributed by atoms with Crippen LogP contribution < -0.4 is 5.32 Å². The number of rotatable bonds is 1. The first-order valence-electron chi connectivity index (χ1n) is 5.26. The van der Waals surface area contributed by atoms with Gasteiger partial charge in [0.15, 0.2) is 0 Å². The van der Waals surface area contributed by atoms with E-state index in [1.807, 2.05) is 0 Å². The normalized spacial score (nSPS) is 32.1. The Morgan fingerprint density at radius 1 is 1.46 bits per heavy atom. The summed E-state index contributed by atoms with van der Waals surface area (Å²) < 4.78 is 0. The first-order chi connectivity index (χ1) is 6.25. The van der Waals surface area contributed by atoms with Crippen LogP contribution in [-0.2, 0) is 4.79 Å². The molecule has 0 bridgehead atoms. The predicted molar refractivity (Wildman–Crippen MR) is 51.4 cm³/mol. The maximum absolute atomic E-state index is 11.3. The number of carbonyl (C=O) groups is 1. The summed E-state index contributed by atoms with van der Waals surface area (Å²) in [5, 5.41) is 2.95. The number of hydrogen-bond donors (Lipinski definition) is 1. The van der Waals surface area contributed by atoms with Crippen LogP contribution in [0, 0.1) is 5.92 Å². The first kappa shape index (κ1) is 9.00. The smallest absolute Gasteiger partial charge is 0.234 e. The van der Waals surface area contributed by atoms with Gasteiger partial charge in [0.1, 0.15) is 0 Å². The van der Waals surface area contributed by atoms with E-state index in [1.54, 1.807) is 0 Å². The molecule has 0 aromatic rings. The topological polar surface area (TPSA) is 32.3 Å². The molecule has 1 saturated heterocycles. The minimum atomic E-state index is 0.205. The molecule has 1 unspecified atom stereocenters. The van der Waals surface area contributed by atoms with Crippen molar-refractivity contribution in [2.24, 2.45) is 5.92 Å². The van der Waals surface area contributed by atoms with Crippen molar-refractivity contribution in [2.45, 2.75) is 32.2 Å². The lowest BCUT2D eigenvalue weighted by Crippen LogP contribution is -2.44. The Bertz CT molecular complexity index is 201. The SMILES string of the molecule is CC1CNC(=O)CN(C2CCC2)C1. The standard InChI is InChI=1S/C10H18N2O/c1-8-5-11-10(13)7-12(6-8)9-3-2-4-9/h8-9H,2-7H2,1H3,(H,11,13). The van der Waals surface area contributed by atoms with Crippen LogP contribution >= 0.6 is 0 Å². The molecule has 1 heterocycles. The van der Waals surface area contributed by atoms with Crippen molar-refractivity contribution in [3.8, 4) is 0 Å². The molecule has 0 aromatic carbocycles. The highest BCUT2D eigenvalue weighted by Gasteiger charge is 2.29. The molecule has 13 heavy (non-hydrogen) atoms. The highest BCUT2D eigenvalue weighted by atomic mass is 16.2. The van der Waals surface area contributed by atoms with Gasteiger partial charge in [-0.05, 0) is 18.8 Å². The lowest BCUT2D eigenvalue weighted by molar-refractivity contribution is -0.122. The van der Waals surface area contributed by atoms with Gasteiger partial charge in [0.05, 0.1) is 6.54 Å². The summed E-state index contributed by atoms with van der Waals surface area (Å²) in [7, 11) is 0. The van der Waals surface area contributed by atoms with Gasteiger partial charge in [0.25, 0.3) is 0 Å². The fourth-order valence-corrected chi connectivity index (χ4v) is 2.09. The molecule has 1 aliphatic heterocycles. The number of nitrogens with one attached hydrogen (secondary N) is 1. The summed E-state index contributed by atoms with van der Waals surface area (Å²) in [4.78, 5) is 13.7. The second-order valence-electron chi connectivity index (χ2n) is 4.42. The van der Waals surface area contributed by atoms with Crippen LogP contribution in [0.4, 0.5) is 0 Å². The maximum atomic E-state index is 11.3. The maximum Gasteiger partial charge on any atom is 0.234 e. The molecular formula is C10H18N2O. The van der Waals surface area contributed by atoms with E-state index in [1.165, 1.54) is 19.3 Å². The second kappa shape index (κ2) is 3.66. The number of carbonyl (C=O) groups excluding carboxylic acids is 1. The van der Waals surface area contributed by atoms with Crippen molar-refractivity contribution in [3.63, 3.8) is 0 Å². The Morgan fingerprint density at radius 3 is 2.85 bits per heavy atom. The quantitative estimate of drug-likeness (QED) is 0.644. The average Bonchev–Trinajstić information content (AvgIpc) is 2.10. The number of amides is 1. The Labute approximate surface area is 79.5 Å². The minimum absolute atomic E-state index is 0.205. The van der Waals surface area contributed by atoms with Crippen molar-refractivity contribution < 1.29 is 4.79 Å². The molecule has 2 aliphatic rings. The largest absolute Gasteiger partial charge is 0.355 e. The monoisotopic (exact) mass is 182 g/mol. The summed E-state index contributed by atoms with van der Waals surface area (Å²) in [6.07, 6.45) is 3.93. The highest BCUT2D eigenvalue weighted by molar-refractivity contribution is 5.78. The average molecular weight is 182 g/mol. The lowest BCUT2D eigenvalue weighted by Gasteiger charge is -2.36. The van der Waals surface area contributed by atoms with Crippen molar-refractivity contribution in [1.82, 2.24) is 10.2 Å². The zero-order valence-electron chi connectivity index (χ0n) is 8.25. The summed E-state index contributed by atoms with van der Waals surface area (Å²) in [5.41, 5.74) is 0. The van der Waals surface area contributed by atoms with E-state index in [9.17, 15) is 4.79 Å². The zero-order valence-corrected chi connectivity index (χ0v) is 8.25. The van der Waals surface area contributed by atoms with E-state index in [2.05, 4.69) is 17.1 Å². The molecule has 0 spiro atoms. The molecule has 1 amide bonds. The van der Waals surface area contributed by atoms with Crippen LogP contribution in [0.1, 0.15) is 26.2 Å². The molecule has 74 valence electrons. The van der Waals surface area contributed by atoms with Crippen LogP contribution in [0.2, 0.25) is 0 Å². The Kier molecular flexibility index (Phi) is 2.54. The highest BCUT2D eigenvalue weighted by Crippen LogP contribution is 2.25. The van der Waals surface area contributed by atoms with E-state index in [0.29, 0.717) is 18.5 Å². The molecule has 1 N–H and O–H groups in total. The van der Waals surface area contributed by atoms with Gasteiger partial charge in [-0.2, -0.15) is 0 Å². The van der Waals surface area contributed by atoms with Gasteiger partial charge < -0.3 is 5.32 Å². The Balaban J connectivity index is 1.95. The molecule has 2 rings (SSSR count). The third-order valence-corrected chi connectivity index (χ3v) is 3.13. The van der Waals surface area contributed by atoms with Gasteiger partial charge in [0, 0.05) is 19.1 Å². The molecule has 3 heteroatoms. The zero-order chi connectivity index (χ0) is 9.26. The van der Waals surface area contributed by atoms with Crippen LogP contribution in [0.25, 0.3) is 0 Å². The Hall–Kier alpha value is -0.570. The van der Waals surface area contributed by atoms with Gasteiger partial charge in [-0.1, -0.05) is 13.3 Å². The molecular weight excluding hydrogens is 164 g/mol. The first-order valence-corrected chi connectivity index (χ1v) is 5.26. The predicted octanol–water partition coefficient (Wildman–Crippen LogP) is 0.607. The van der Waals surface area contributed by atoms with Crippen LogP contribution in [-0.4, -0.2) is 36.5 Å². The summed E-state index contributed by atoms with van der Waals surface area (Å²) in [5.74, 6) is 0.809. The van der Waals surface area contributed by atoms with E-state index in [-0.39, 0.29) is 5.91 Å². The third-order valence-electron chi connectivity index (χ3n) is 3.13. The molecule has 3 nitrogen and oxygen atoms in total. The van der Waals surface area contributed by atoms with E-state index >= 15 is 0 Å². The van der Waals surface area contributed by atoms with Crippen LogP contribution in [0.3, 0.4) is 0 Å². The van der Waals surface area contributed by atoms with E-state index in [4.69, 9.17) is 0 Å². The molecule has 1 atom stereocenters. The molecule has 1 aliphatic carbocycles. The van der Waals surface area contributed by atoms with Gasteiger partial charge in [0.2, 0.25) is 5.91 Å². The second-order valence-corrected chi connectivity index (χ2v) is 4.42. The fraction of sp³-hybridized carbons (Fsp3) is 0.900. The summed E-state index contributed by atoms with van der Waals surface area (Å²) in [6, 6.07) is 0.700.